The Bertz CT molecular complexity index is 560. The zero-order valence-corrected chi connectivity index (χ0v) is 14.1. The maximum Gasteiger partial charge on any atom is 0.418 e. The summed E-state index contributed by atoms with van der Waals surface area (Å²) in [6.07, 6.45) is -5.43. The molecule has 2 N–H and O–H groups in total. The van der Waals surface area contributed by atoms with E-state index in [-0.39, 0.29) is 30.6 Å². The van der Waals surface area contributed by atoms with Crippen LogP contribution >= 0.6 is 0 Å². The highest BCUT2D eigenvalue weighted by molar-refractivity contribution is 5.90. The summed E-state index contributed by atoms with van der Waals surface area (Å²) in [6.45, 7) is 6.84. The van der Waals surface area contributed by atoms with Gasteiger partial charge in [0.05, 0.1) is 24.0 Å². The molecule has 0 aromatic heterocycles. The summed E-state index contributed by atoms with van der Waals surface area (Å²) in [7, 11) is 0. The van der Waals surface area contributed by atoms with Gasteiger partial charge in [0.25, 0.3) is 0 Å². The monoisotopic (exact) mass is 348 g/mol. The number of hydrogen-bond acceptors (Lipinski definition) is 3. The molecule has 5 nitrogen and oxygen atoms in total. The number of nitrogens with one attached hydrogen (secondary N) is 1. The molecule has 0 radical (unpaired) electrons. The molecule has 0 saturated carbocycles. The van der Waals surface area contributed by atoms with Crippen molar-refractivity contribution in [3.8, 4) is 5.75 Å². The van der Waals surface area contributed by atoms with Gasteiger partial charge in [0.1, 0.15) is 5.75 Å². The Balaban J connectivity index is 3.10. The lowest BCUT2D eigenvalue weighted by atomic mass is 10.1. The van der Waals surface area contributed by atoms with Crippen LogP contribution in [0, 0.1) is 0 Å². The van der Waals surface area contributed by atoms with Gasteiger partial charge in [-0.25, -0.2) is 4.79 Å². The van der Waals surface area contributed by atoms with Gasteiger partial charge in [0.15, 0.2) is 0 Å². The second kappa shape index (κ2) is 8.23. The number of urea groups is 1. The topological polar surface area (TPSA) is 61.8 Å². The zero-order valence-electron chi connectivity index (χ0n) is 14.1. The van der Waals surface area contributed by atoms with Crippen molar-refractivity contribution in [3.63, 3.8) is 0 Å². The Labute approximate surface area is 139 Å². The van der Waals surface area contributed by atoms with Gasteiger partial charge < -0.3 is 20.1 Å². The number of amides is 2. The third-order valence-electron chi connectivity index (χ3n) is 3.19. The molecular formula is C16H23F3N2O3. The van der Waals surface area contributed by atoms with Gasteiger partial charge in [0.2, 0.25) is 0 Å². The van der Waals surface area contributed by atoms with Crippen molar-refractivity contribution in [3.05, 3.63) is 23.8 Å². The van der Waals surface area contributed by atoms with Crippen molar-refractivity contribution in [2.24, 2.45) is 0 Å². The molecule has 0 fully saturated rings. The highest BCUT2D eigenvalue weighted by atomic mass is 19.4. The number of nitrogens with zero attached hydrogens (tertiary/aromatic N) is 1. The molecule has 1 rings (SSSR count). The number of aliphatic hydroxyl groups is 1. The van der Waals surface area contributed by atoms with Gasteiger partial charge in [-0.2, -0.15) is 13.2 Å². The number of anilines is 1. The fraction of sp³-hybridized carbons (Fsp3) is 0.562. The summed E-state index contributed by atoms with van der Waals surface area (Å²) in [4.78, 5) is 13.5. The minimum atomic E-state index is -4.64. The highest BCUT2D eigenvalue weighted by Crippen LogP contribution is 2.37. The van der Waals surface area contributed by atoms with Crippen molar-refractivity contribution in [1.82, 2.24) is 4.90 Å². The van der Waals surface area contributed by atoms with E-state index in [0.717, 1.165) is 12.1 Å². The van der Waals surface area contributed by atoms with Crippen LogP contribution in [0.5, 0.6) is 5.75 Å². The Morgan fingerprint density at radius 3 is 2.42 bits per heavy atom. The summed E-state index contributed by atoms with van der Waals surface area (Å²) in [5, 5.41) is 11.7. The molecule has 0 spiro atoms. The first-order chi connectivity index (χ1) is 11.1. The average Bonchev–Trinajstić information content (AvgIpc) is 2.45. The predicted octanol–water partition coefficient (Wildman–Crippen LogP) is 3.73. The van der Waals surface area contributed by atoms with E-state index in [2.05, 4.69) is 5.32 Å². The number of alkyl halides is 3. The van der Waals surface area contributed by atoms with Crippen LogP contribution in [-0.4, -0.2) is 41.3 Å². The molecule has 0 saturated heterocycles. The molecular weight excluding hydrogens is 325 g/mol. The first-order valence-corrected chi connectivity index (χ1v) is 7.66. The summed E-state index contributed by atoms with van der Waals surface area (Å²) in [5.41, 5.74) is -1.34. The van der Waals surface area contributed by atoms with Crippen molar-refractivity contribution < 1.29 is 27.8 Å². The van der Waals surface area contributed by atoms with E-state index in [4.69, 9.17) is 4.74 Å². The molecule has 0 unspecified atom stereocenters. The van der Waals surface area contributed by atoms with Crippen molar-refractivity contribution in [2.75, 3.05) is 18.5 Å². The smallest absolute Gasteiger partial charge is 0.418 e. The second-order valence-electron chi connectivity index (χ2n) is 5.66. The highest BCUT2D eigenvalue weighted by Gasteiger charge is 2.35. The quantitative estimate of drug-likeness (QED) is 0.823. The lowest BCUT2D eigenvalue weighted by Crippen LogP contribution is -2.44. The van der Waals surface area contributed by atoms with Crippen LogP contribution in [0.3, 0.4) is 0 Å². The van der Waals surface area contributed by atoms with E-state index < -0.39 is 23.9 Å². The number of rotatable bonds is 6. The third kappa shape index (κ3) is 5.59. The zero-order chi connectivity index (χ0) is 18.5. The van der Waals surface area contributed by atoms with Crippen LogP contribution < -0.4 is 10.1 Å². The molecule has 136 valence electrons. The normalized spacial score (nSPS) is 12.9. The molecule has 0 heterocycles. The molecule has 1 aromatic rings. The van der Waals surface area contributed by atoms with Crippen LogP contribution in [-0.2, 0) is 6.18 Å². The number of halogens is 3. The standard InChI is InChI=1S/C16H23F3N2O3/c1-5-24-12-6-7-14(13(8-12)16(17,18)19)20-15(23)21(10(2)3)9-11(4)22/h6-8,10-11,22H,5,9H2,1-4H3,(H,20,23)/t11-/m0/s1. The van der Waals surface area contributed by atoms with Crippen LogP contribution in [0.4, 0.5) is 23.7 Å². The lowest BCUT2D eigenvalue weighted by Gasteiger charge is -2.28. The van der Waals surface area contributed by atoms with Gasteiger partial charge in [-0.1, -0.05) is 0 Å². The van der Waals surface area contributed by atoms with Crippen molar-refractivity contribution in [2.45, 2.75) is 46.0 Å². The molecule has 1 aromatic carbocycles. The van der Waals surface area contributed by atoms with Crippen LogP contribution in [0.15, 0.2) is 18.2 Å². The van der Waals surface area contributed by atoms with Crippen molar-refractivity contribution >= 4 is 11.7 Å². The summed E-state index contributed by atoms with van der Waals surface area (Å²) in [6, 6.07) is 2.39. The Morgan fingerprint density at radius 2 is 1.96 bits per heavy atom. The molecule has 0 aliphatic carbocycles. The minimum absolute atomic E-state index is 0.0158. The largest absolute Gasteiger partial charge is 0.494 e. The molecule has 0 aliphatic heterocycles. The van der Waals surface area contributed by atoms with Crippen LogP contribution in [0.1, 0.15) is 33.3 Å². The van der Waals surface area contributed by atoms with E-state index in [1.54, 1.807) is 20.8 Å². The number of carbonyl (C=O) groups excluding carboxylic acids is 1. The molecule has 0 aliphatic rings. The fourth-order valence-electron chi connectivity index (χ4n) is 2.12. The summed E-state index contributed by atoms with van der Waals surface area (Å²) < 4.78 is 44.8. The summed E-state index contributed by atoms with van der Waals surface area (Å²) in [5.74, 6) is 0.0764. The number of ether oxygens (including phenoxy) is 1. The molecule has 0 bridgehead atoms. The predicted molar refractivity (Wildman–Crippen MR) is 85.2 cm³/mol. The number of aliphatic hydroxyl groups excluding tert-OH is 1. The number of hydrogen-bond donors (Lipinski definition) is 2. The van der Waals surface area contributed by atoms with Gasteiger partial charge >= 0.3 is 12.2 Å². The van der Waals surface area contributed by atoms with Crippen LogP contribution in [0.2, 0.25) is 0 Å². The molecule has 8 heteroatoms. The van der Waals surface area contributed by atoms with Crippen molar-refractivity contribution in [1.29, 1.82) is 0 Å². The number of benzene rings is 1. The van der Waals surface area contributed by atoms with Gasteiger partial charge in [-0.15, -0.1) is 0 Å². The maximum absolute atomic E-state index is 13.2. The van der Waals surface area contributed by atoms with Gasteiger partial charge in [-0.05, 0) is 45.9 Å². The van der Waals surface area contributed by atoms with E-state index in [0.29, 0.717) is 0 Å². The average molecular weight is 348 g/mol. The summed E-state index contributed by atoms with van der Waals surface area (Å²) >= 11 is 0. The molecule has 1 atom stereocenters. The van der Waals surface area contributed by atoms with E-state index in [9.17, 15) is 23.1 Å². The second-order valence-corrected chi connectivity index (χ2v) is 5.66. The minimum Gasteiger partial charge on any atom is -0.494 e. The van der Waals surface area contributed by atoms with E-state index >= 15 is 0 Å². The molecule has 24 heavy (non-hydrogen) atoms. The van der Waals surface area contributed by atoms with Gasteiger partial charge in [0, 0.05) is 12.6 Å². The van der Waals surface area contributed by atoms with Gasteiger partial charge in [-0.3, -0.25) is 0 Å². The fourth-order valence-corrected chi connectivity index (χ4v) is 2.12. The molecule has 2 amide bonds. The first-order valence-electron chi connectivity index (χ1n) is 7.66. The Hall–Kier alpha value is -1.96. The third-order valence-corrected chi connectivity index (χ3v) is 3.19. The maximum atomic E-state index is 13.2. The number of carbonyl (C=O) groups is 1. The first kappa shape index (κ1) is 20.1. The SMILES string of the molecule is CCOc1ccc(NC(=O)N(C[C@H](C)O)C(C)C)c(C(F)(F)F)c1. The van der Waals surface area contributed by atoms with E-state index in [1.165, 1.54) is 17.9 Å². The Morgan fingerprint density at radius 1 is 1.33 bits per heavy atom. The Kier molecular flexibility index (Phi) is 6.89. The van der Waals surface area contributed by atoms with E-state index in [1.807, 2.05) is 0 Å². The lowest BCUT2D eigenvalue weighted by molar-refractivity contribution is -0.137. The van der Waals surface area contributed by atoms with Crippen LogP contribution in [0.25, 0.3) is 0 Å².